The van der Waals surface area contributed by atoms with Gasteiger partial charge in [-0.25, -0.2) is 0 Å². The van der Waals surface area contributed by atoms with E-state index in [1.165, 1.54) is 7.11 Å². The summed E-state index contributed by atoms with van der Waals surface area (Å²) in [4.78, 5) is 6.73. The molecule has 1 unspecified atom stereocenters. The summed E-state index contributed by atoms with van der Waals surface area (Å²) in [6, 6.07) is 10.3. The highest BCUT2D eigenvalue weighted by Crippen LogP contribution is 2.40. The highest BCUT2D eigenvalue weighted by atomic mass is 32.1. The second-order valence-electron chi connectivity index (χ2n) is 7.96. The lowest BCUT2D eigenvalue weighted by Crippen LogP contribution is -2.46. The van der Waals surface area contributed by atoms with E-state index >= 15 is 0 Å². The summed E-state index contributed by atoms with van der Waals surface area (Å²) >= 11 is 5.66. The van der Waals surface area contributed by atoms with Gasteiger partial charge >= 0.3 is 0 Å². The normalized spacial score (nSPS) is 17.2. The first-order valence-electron chi connectivity index (χ1n) is 10.9. The van der Waals surface area contributed by atoms with E-state index in [0.717, 1.165) is 35.4 Å². The second kappa shape index (κ2) is 8.86. The summed E-state index contributed by atoms with van der Waals surface area (Å²) in [6.07, 6.45) is 0.909. The van der Waals surface area contributed by atoms with Gasteiger partial charge in [-0.1, -0.05) is 18.1 Å². The molecule has 3 heterocycles. The van der Waals surface area contributed by atoms with Crippen LogP contribution in [-0.2, 0) is 0 Å². The van der Waals surface area contributed by atoms with Crippen molar-refractivity contribution in [2.45, 2.75) is 26.3 Å². The van der Waals surface area contributed by atoms with Gasteiger partial charge in [-0.15, -0.1) is 0 Å². The third-order valence-corrected chi connectivity index (χ3v) is 6.21. The molecular formula is C24H24N4O5S. The van der Waals surface area contributed by atoms with Crippen molar-refractivity contribution in [3.8, 4) is 34.4 Å². The number of aromatic nitrogens is 2. The van der Waals surface area contributed by atoms with Crippen molar-refractivity contribution in [1.82, 2.24) is 20.4 Å². The van der Waals surface area contributed by atoms with Crippen LogP contribution in [0, 0.1) is 0 Å². The van der Waals surface area contributed by atoms with E-state index in [0.29, 0.717) is 34.1 Å². The van der Waals surface area contributed by atoms with E-state index in [9.17, 15) is 5.11 Å². The number of fused-ring (bicyclic) bond motifs is 1. The standard InChI is InChI=1S/C24H24N4O5S/c1-4-9-28-13(2)20(21(25-24(28)34)14-5-7-17(30-3)16(29)10-14)23-26-22(27-33-23)15-6-8-18-19(11-15)32-12-31-18/h5-8,10-11,21,29H,4,9,12H2,1-3H3,(H,25,34). The van der Waals surface area contributed by atoms with Crippen LogP contribution in [0.15, 0.2) is 46.6 Å². The molecule has 0 bridgehead atoms. The Kier molecular flexibility index (Phi) is 5.74. The first-order chi connectivity index (χ1) is 16.5. The zero-order valence-electron chi connectivity index (χ0n) is 19.0. The molecule has 0 radical (unpaired) electrons. The van der Waals surface area contributed by atoms with E-state index in [-0.39, 0.29) is 12.5 Å². The number of hydrogen-bond donors (Lipinski definition) is 2. The third-order valence-electron chi connectivity index (χ3n) is 5.87. The van der Waals surface area contributed by atoms with Crippen LogP contribution in [0.25, 0.3) is 17.0 Å². The smallest absolute Gasteiger partial charge is 0.258 e. The highest BCUT2D eigenvalue weighted by Gasteiger charge is 2.34. The molecule has 0 fully saturated rings. The number of hydrogen-bond acceptors (Lipinski definition) is 8. The van der Waals surface area contributed by atoms with Gasteiger partial charge in [-0.2, -0.15) is 4.98 Å². The van der Waals surface area contributed by atoms with Crippen LogP contribution in [0.3, 0.4) is 0 Å². The lowest BCUT2D eigenvalue weighted by Gasteiger charge is -2.37. The van der Waals surface area contributed by atoms with Crippen LogP contribution in [0.4, 0.5) is 0 Å². The molecule has 2 aliphatic rings. The van der Waals surface area contributed by atoms with Crippen molar-refractivity contribution in [3.63, 3.8) is 0 Å². The first kappa shape index (κ1) is 22.0. The Morgan fingerprint density at radius 3 is 2.79 bits per heavy atom. The third kappa shape index (κ3) is 3.79. The van der Waals surface area contributed by atoms with E-state index in [4.69, 9.17) is 35.9 Å². The molecule has 1 atom stereocenters. The molecule has 5 rings (SSSR count). The number of thiocarbonyl (C=S) groups is 1. The Morgan fingerprint density at radius 1 is 1.21 bits per heavy atom. The topological polar surface area (TPSA) is 102 Å². The fourth-order valence-electron chi connectivity index (χ4n) is 4.17. The minimum absolute atomic E-state index is 0.0345. The zero-order chi connectivity index (χ0) is 23.8. The van der Waals surface area contributed by atoms with Crippen LogP contribution in [0.5, 0.6) is 23.0 Å². The predicted molar refractivity (Wildman–Crippen MR) is 129 cm³/mol. The number of benzene rings is 2. The average Bonchev–Trinajstić information content (AvgIpc) is 3.50. The molecule has 2 aliphatic heterocycles. The summed E-state index contributed by atoms with van der Waals surface area (Å²) in [5.41, 5.74) is 3.23. The molecule has 0 aliphatic carbocycles. The molecule has 3 aromatic rings. The molecule has 1 aromatic heterocycles. The Bertz CT molecular complexity index is 1290. The molecule has 0 saturated heterocycles. The lowest BCUT2D eigenvalue weighted by atomic mass is 9.94. The summed E-state index contributed by atoms with van der Waals surface area (Å²) in [6.45, 7) is 5.01. The van der Waals surface area contributed by atoms with Gasteiger partial charge in [0.25, 0.3) is 5.89 Å². The Labute approximate surface area is 201 Å². The maximum Gasteiger partial charge on any atom is 0.258 e. The molecule has 10 heteroatoms. The summed E-state index contributed by atoms with van der Waals surface area (Å²) < 4.78 is 21.8. The zero-order valence-corrected chi connectivity index (χ0v) is 19.8. The number of methoxy groups -OCH3 is 1. The fourth-order valence-corrected chi connectivity index (χ4v) is 4.52. The second-order valence-corrected chi connectivity index (χ2v) is 8.34. The predicted octanol–water partition coefficient (Wildman–Crippen LogP) is 4.25. The van der Waals surface area contributed by atoms with Crippen molar-refractivity contribution in [2.24, 2.45) is 0 Å². The van der Waals surface area contributed by atoms with Gasteiger partial charge in [-0.3, -0.25) is 0 Å². The fraction of sp³-hybridized carbons (Fsp3) is 0.292. The SMILES string of the molecule is CCCN1C(=S)NC(c2ccc(OC)c(O)c2)C(c2nc(-c3ccc4c(c3)OCO4)no2)=C1C. The van der Waals surface area contributed by atoms with Gasteiger partial charge < -0.3 is 34.1 Å². The molecular weight excluding hydrogens is 456 g/mol. The van der Waals surface area contributed by atoms with E-state index < -0.39 is 6.04 Å². The summed E-state index contributed by atoms with van der Waals surface area (Å²) in [7, 11) is 1.51. The van der Waals surface area contributed by atoms with E-state index in [1.54, 1.807) is 12.1 Å². The molecule has 0 spiro atoms. The van der Waals surface area contributed by atoms with Crippen molar-refractivity contribution in [2.75, 3.05) is 20.4 Å². The van der Waals surface area contributed by atoms with Gasteiger partial charge in [0.2, 0.25) is 12.6 Å². The number of nitrogens with zero attached hydrogens (tertiary/aromatic N) is 3. The van der Waals surface area contributed by atoms with Crippen molar-refractivity contribution in [3.05, 3.63) is 53.5 Å². The first-order valence-corrected chi connectivity index (χ1v) is 11.3. The lowest BCUT2D eigenvalue weighted by molar-refractivity contribution is 0.174. The van der Waals surface area contributed by atoms with E-state index in [2.05, 4.69) is 17.4 Å². The van der Waals surface area contributed by atoms with E-state index in [1.807, 2.05) is 36.1 Å². The summed E-state index contributed by atoms with van der Waals surface area (Å²) in [5.74, 6) is 2.55. The largest absolute Gasteiger partial charge is 0.504 e. The van der Waals surface area contributed by atoms with Crippen molar-refractivity contribution < 1.29 is 23.8 Å². The number of rotatable bonds is 6. The summed E-state index contributed by atoms with van der Waals surface area (Å²) in [5, 5.41) is 18.6. The van der Waals surface area contributed by atoms with Gasteiger partial charge in [-0.05, 0) is 61.5 Å². The monoisotopic (exact) mass is 480 g/mol. The van der Waals surface area contributed by atoms with Crippen LogP contribution in [-0.4, -0.2) is 45.7 Å². The number of aromatic hydroxyl groups is 1. The Balaban J connectivity index is 1.58. The quantitative estimate of drug-likeness (QED) is 0.498. The number of nitrogens with one attached hydrogen (secondary N) is 1. The Hall–Kier alpha value is -3.79. The van der Waals surface area contributed by atoms with Crippen LogP contribution in [0.2, 0.25) is 0 Å². The molecule has 176 valence electrons. The number of phenolic OH excluding ortho intramolecular Hbond substituents is 1. The molecule has 0 saturated carbocycles. The van der Waals surface area contributed by atoms with Crippen LogP contribution >= 0.6 is 12.2 Å². The van der Waals surface area contributed by atoms with Gasteiger partial charge in [0, 0.05) is 17.8 Å². The number of phenols is 1. The number of allylic oxidation sites excluding steroid dienone is 1. The average molecular weight is 481 g/mol. The Morgan fingerprint density at radius 2 is 2.03 bits per heavy atom. The van der Waals surface area contributed by atoms with Gasteiger partial charge in [0.15, 0.2) is 28.1 Å². The number of ether oxygens (including phenoxy) is 3. The highest BCUT2D eigenvalue weighted by molar-refractivity contribution is 7.80. The van der Waals surface area contributed by atoms with Crippen LogP contribution < -0.4 is 19.5 Å². The molecule has 2 N–H and O–H groups in total. The van der Waals surface area contributed by atoms with Gasteiger partial charge in [0.1, 0.15) is 0 Å². The molecule has 2 aromatic carbocycles. The molecule has 0 amide bonds. The van der Waals surface area contributed by atoms with Crippen molar-refractivity contribution >= 4 is 22.9 Å². The van der Waals surface area contributed by atoms with Crippen molar-refractivity contribution in [1.29, 1.82) is 0 Å². The maximum absolute atomic E-state index is 10.4. The van der Waals surface area contributed by atoms with Gasteiger partial charge in [0.05, 0.1) is 18.7 Å². The maximum atomic E-state index is 10.4. The molecule has 9 nitrogen and oxygen atoms in total. The molecule has 34 heavy (non-hydrogen) atoms. The van der Waals surface area contributed by atoms with Crippen LogP contribution in [0.1, 0.15) is 37.8 Å². The minimum atomic E-state index is -0.400. The minimum Gasteiger partial charge on any atom is -0.504 e.